The number of hydrogen-bond acceptors (Lipinski definition) is 4. The molecule has 0 atom stereocenters. The molecule has 0 saturated carbocycles. The molecule has 1 N–H and O–H groups in total. The molecule has 0 aliphatic heterocycles. The van der Waals surface area contributed by atoms with Crippen LogP contribution in [0.3, 0.4) is 0 Å². The van der Waals surface area contributed by atoms with Gasteiger partial charge in [-0.3, -0.25) is 4.79 Å². The van der Waals surface area contributed by atoms with Crippen molar-refractivity contribution in [2.75, 3.05) is 11.1 Å². The number of amides is 1. The molecule has 0 radical (unpaired) electrons. The molecule has 0 unspecified atom stereocenters. The lowest BCUT2D eigenvalue weighted by atomic mass is 10.3. The molecule has 2 rings (SSSR count). The number of anilines is 1. The second-order valence-corrected chi connectivity index (χ2v) is 5.88. The van der Waals surface area contributed by atoms with Crippen LogP contribution in [0.2, 0.25) is 5.02 Å². The molecule has 0 spiro atoms. The van der Waals surface area contributed by atoms with Gasteiger partial charge in [-0.2, -0.15) is 5.26 Å². The van der Waals surface area contributed by atoms with Gasteiger partial charge in [-0.05, 0) is 23.6 Å². The summed E-state index contributed by atoms with van der Waals surface area (Å²) in [5.41, 5.74) is 0.487. The molecule has 2 aromatic rings. The number of halogens is 1. The van der Waals surface area contributed by atoms with E-state index in [0.29, 0.717) is 15.6 Å². The molecule has 96 valence electrons. The minimum atomic E-state index is -0.149. The lowest BCUT2D eigenvalue weighted by Gasteiger charge is -2.04. The van der Waals surface area contributed by atoms with Crippen LogP contribution in [0, 0.1) is 11.3 Å². The molecule has 1 aromatic heterocycles. The van der Waals surface area contributed by atoms with Gasteiger partial charge in [0.15, 0.2) is 0 Å². The largest absolute Gasteiger partial charge is 0.316 e. The second-order valence-electron chi connectivity index (χ2n) is 3.54. The van der Waals surface area contributed by atoms with Gasteiger partial charge >= 0.3 is 0 Å². The fraction of sp³-hybridized carbons (Fsp3) is 0.0769. The summed E-state index contributed by atoms with van der Waals surface area (Å²) in [4.78, 5) is 12.7. The molecule has 1 heterocycles. The van der Waals surface area contributed by atoms with E-state index in [1.54, 1.807) is 17.5 Å². The van der Waals surface area contributed by atoms with Crippen molar-refractivity contribution in [1.29, 1.82) is 5.26 Å². The Hall–Kier alpha value is -1.48. The van der Waals surface area contributed by atoms with Crippen molar-refractivity contribution >= 4 is 45.6 Å². The monoisotopic (exact) mass is 308 g/mol. The molecule has 1 aromatic carbocycles. The third-order valence-corrected chi connectivity index (χ3v) is 4.58. The highest BCUT2D eigenvalue weighted by Crippen LogP contribution is 2.27. The zero-order chi connectivity index (χ0) is 13.7. The summed E-state index contributed by atoms with van der Waals surface area (Å²) in [6.45, 7) is 0. The van der Waals surface area contributed by atoms with Gasteiger partial charge in [-0.1, -0.05) is 23.7 Å². The van der Waals surface area contributed by atoms with E-state index < -0.39 is 0 Å². The predicted octanol–water partition coefficient (Wildman–Crippen LogP) is 4.00. The number of nitrogens with zero attached hydrogens (tertiary/aromatic N) is 1. The number of hydrogen-bond donors (Lipinski definition) is 1. The van der Waals surface area contributed by atoms with E-state index in [0.717, 1.165) is 4.90 Å². The number of carbonyl (C=O) groups is 1. The Morgan fingerprint density at radius 2 is 2.21 bits per heavy atom. The summed E-state index contributed by atoms with van der Waals surface area (Å²) in [5.74, 6) is 0.107. The summed E-state index contributed by atoms with van der Waals surface area (Å²) in [6, 6.07) is 11.1. The first kappa shape index (κ1) is 13.9. The Morgan fingerprint density at radius 1 is 1.42 bits per heavy atom. The molecule has 0 aliphatic rings. The van der Waals surface area contributed by atoms with Crippen molar-refractivity contribution in [1.82, 2.24) is 0 Å². The Kier molecular flexibility index (Phi) is 4.86. The first-order valence-corrected chi connectivity index (χ1v) is 7.60. The van der Waals surface area contributed by atoms with Crippen LogP contribution in [0.25, 0.3) is 0 Å². The summed E-state index contributed by atoms with van der Waals surface area (Å²) >= 11 is 8.71. The molecule has 3 nitrogen and oxygen atoms in total. The maximum absolute atomic E-state index is 11.8. The van der Waals surface area contributed by atoms with E-state index in [2.05, 4.69) is 5.32 Å². The van der Waals surface area contributed by atoms with Crippen LogP contribution in [-0.4, -0.2) is 11.7 Å². The number of thiophene rings is 1. The van der Waals surface area contributed by atoms with Crippen LogP contribution < -0.4 is 5.32 Å². The number of rotatable bonds is 4. The molecule has 0 fully saturated rings. The second kappa shape index (κ2) is 6.62. The van der Waals surface area contributed by atoms with Gasteiger partial charge in [0, 0.05) is 4.90 Å². The van der Waals surface area contributed by atoms with Crippen molar-refractivity contribution in [2.24, 2.45) is 0 Å². The van der Waals surface area contributed by atoms with E-state index in [1.165, 1.54) is 23.1 Å². The highest BCUT2D eigenvalue weighted by atomic mass is 35.5. The molecule has 0 aliphatic carbocycles. The SMILES string of the molecule is N#Cc1ccsc1NC(=O)CSc1ccccc1Cl. The first-order valence-electron chi connectivity index (χ1n) is 5.35. The van der Waals surface area contributed by atoms with Gasteiger partial charge in [-0.25, -0.2) is 0 Å². The lowest BCUT2D eigenvalue weighted by molar-refractivity contribution is -0.113. The van der Waals surface area contributed by atoms with Crippen LogP contribution in [0.15, 0.2) is 40.6 Å². The molecular formula is C13H9ClN2OS2. The molecule has 0 saturated heterocycles. The van der Waals surface area contributed by atoms with Crippen LogP contribution in [-0.2, 0) is 4.79 Å². The van der Waals surface area contributed by atoms with Crippen LogP contribution in [0.4, 0.5) is 5.00 Å². The molecular weight excluding hydrogens is 300 g/mol. The number of thioether (sulfide) groups is 1. The Morgan fingerprint density at radius 3 is 2.95 bits per heavy atom. The minimum Gasteiger partial charge on any atom is -0.316 e. The maximum atomic E-state index is 11.8. The quantitative estimate of drug-likeness (QED) is 0.868. The van der Waals surface area contributed by atoms with E-state index in [9.17, 15) is 4.79 Å². The first-order chi connectivity index (χ1) is 9.20. The normalized spacial score (nSPS) is 9.89. The standard InChI is InChI=1S/C13H9ClN2OS2/c14-10-3-1-2-4-11(10)19-8-12(17)16-13-9(7-15)5-6-18-13/h1-6H,8H2,(H,16,17). The van der Waals surface area contributed by atoms with Gasteiger partial charge in [0.25, 0.3) is 0 Å². The van der Waals surface area contributed by atoms with Crippen LogP contribution in [0.5, 0.6) is 0 Å². The van der Waals surface area contributed by atoms with Crippen molar-refractivity contribution in [2.45, 2.75) is 4.90 Å². The Labute approximate surface area is 124 Å². The number of nitrogens with one attached hydrogen (secondary N) is 1. The highest BCUT2D eigenvalue weighted by Gasteiger charge is 2.09. The summed E-state index contributed by atoms with van der Waals surface area (Å²) in [7, 11) is 0. The highest BCUT2D eigenvalue weighted by molar-refractivity contribution is 8.00. The molecule has 19 heavy (non-hydrogen) atoms. The van der Waals surface area contributed by atoms with Crippen molar-refractivity contribution in [3.8, 4) is 6.07 Å². The smallest absolute Gasteiger partial charge is 0.235 e. The van der Waals surface area contributed by atoms with Gasteiger partial charge in [-0.15, -0.1) is 23.1 Å². The fourth-order valence-corrected chi connectivity index (χ4v) is 3.15. The predicted molar refractivity (Wildman–Crippen MR) is 79.8 cm³/mol. The average Bonchev–Trinajstić information content (AvgIpc) is 2.85. The fourth-order valence-electron chi connectivity index (χ4n) is 1.36. The van der Waals surface area contributed by atoms with E-state index >= 15 is 0 Å². The lowest BCUT2D eigenvalue weighted by Crippen LogP contribution is -2.13. The van der Waals surface area contributed by atoms with Gasteiger partial charge < -0.3 is 5.32 Å². The van der Waals surface area contributed by atoms with Crippen molar-refractivity contribution < 1.29 is 4.79 Å². The minimum absolute atomic E-state index is 0.149. The number of benzene rings is 1. The zero-order valence-corrected chi connectivity index (χ0v) is 12.1. The summed E-state index contributed by atoms with van der Waals surface area (Å²) < 4.78 is 0. The number of nitriles is 1. The average molecular weight is 309 g/mol. The number of carbonyl (C=O) groups excluding carboxylic acids is 1. The van der Waals surface area contributed by atoms with E-state index in [4.69, 9.17) is 16.9 Å². The van der Waals surface area contributed by atoms with E-state index in [1.807, 2.05) is 24.3 Å². The zero-order valence-electron chi connectivity index (χ0n) is 9.72. The summed E-state index contributed by atoms with van der Waals surface area (Å²) in [6.07, 6.45) is 0. The molecule has 6 heteroatoms. The van der Waals surface area contributed by atoms with Crippen LogP contribution in [0.1, 0.15) is 5.56 Å². The third kappa shape index (κ3) is 3.74. The Balaban J connectivity index is 1.93. The van der Waals surface area contributed by atoms with Crippen molar-refractivity contribution in [3.63, 3.8) is 0 Å². The Bertz CT molecular complexity index is 634. The third-order valence-electron chi connectivity index (χ3n) is 2.23. The topological polar surface area (TPSA) is 52.9 Å². The van der Waals surface area contributed by atoms with Gasteiger partial charge in [0.2, 0.25) is 5.91 Å². The van der Waals surface area contributed by atoms with Gasteiger partial charge in [0.05, 0.1) is 16.3 Å². The van der Waals surface area contributed by atoms with E-state index in [-0.39, 0.29) is 11.7 Å². The maximum Gasteiger partial charge on any atom is 0.235 e. The van der Waals surface area contributed by atoms with Crippen molar-refractivity contribution in [3.05, 3.63) is 46.3 Å². The summed E-state index contributed by atoms with van der Waals surface area (Å²) in [5, 5.41) is 14.6. The molecule has 0 bridgehead atoms. The van der Waals surface area contributed by atoms with Gasteiger partial charge in [0.1, 0.15) is 11.1 Å². The molecule has 1 amide bonds. The van der Waals surface area contributed by atoms with Crippen LogP contribution >= 0.6 is 34.7 Å².